The van der Waals surface area contributed by atoms with E-state index in [4.69, 9.17) is 9.47 Å². The fraction of sp³-hybridized carbons (Fsp3) is 0.409. The van der Waals surface area contributed by atoms with Crippen molar-refractivity contribution in [2.75, 3.05) is 32.8 Å². The molecule has 2 aromatic carbocycles. The molecule has 1 N–H and O–H groups in total. The first-order valence-corrected chi connectivity index (χ1v) is 9.50. The Morgan fingerprint density at radius 3 is 2.59 bits per heavy atom. The number of nitrogens with one attached hydrogen (secondary N) is 1. The first-order valence-electron chi connectivity index (χ1n) is 9.50. The molecule has 3 rings (SSSR count). The average molecular weight is 368 g/mol. The number of ether oxygens (including phenoxy) is 2. The lowest BCUT2D eigenvalue weighted by Crippen LogP contribution is -2.45. The largest absolute Gasteiger partial charge is 0.481 e. The summed E-state index contributed by atoms with van der Waals surface area (Å²) in [5.74, 6) is 0.598. The summed E-state index contributed by atoms with van der Waals surface area (Å²) >= 11 is 0. The molecule has 2 atom stereocenters. The highest BCUT2D eigenvalue weighted by atomic mass is 16.5. The third-order valence-electron chi connectivity index (χ3n) is 4.73. The fourth-order valence-corrected chi connectivity index (χ4v) is 3.20. The summed E-state index contributed by atoms with van der Waals surface area (Å²) in [6.45, 7) is 7.80. The van der Waals surface area contributed by atoms with Gasteiger partial charge in [-0.1, -0.05) is 42.5 Å². The zero-order valence-corrected chi connectivity index (χ0v) is 16.1. The Morgan fingerprint density at radius 2 is 1.89 bits per heavy atom. The highest BCUT2D eigenvalue weighted by Crippen LogP contribution is 2.17. The van der Waals surface area contributed by atoms with E-state index in [0.717, 1.165) is 44.0 Å². The summed E-state index contributed by atoms with van der Waals surface area (Å²) in [6.07, 6.45) is -0.567. The monoisotopic (exact) mass is 368 g/mol. The van der Waals surface area contributed by atoms with Crippen molar-refractivity contribution >= 4 is 5.91 Å². The second-order valence-electron chi connectivity index (χ2n) is 6.96. The molecule has 0 aromatic heterocycles. The molecule has 2 unspecified atom stereocenters. The summed E-state index contributed by atoms with van der Waals surface area (Å²) in [5.41, 5.74) is 2.20. The molecule has 0 spiro atoms. The number of morpholine rings is 1. The Bertz CT molecular complexity index is 729. The number of hydrogen-bond donors (Lipinski definition) is 1. The van der Waals surface area contributed by atoms with Crippen molar-refractivity contribution in [1.82, 2.24) is 10.2 Å². The minimum absolute atomic E-state index is 0.0830. The van der Waals surface area contributed by atoms with Gasteiger partial charge in [-0.2, -0.15) is 0 Å². The van der Waals surface area contributed by atoms with Gasteiger partial charge in [0.15, 0.2) is 6.10 Å². The maximum absolute atomic E-state index is 12.8. The van der Waals surface area contributed by atoms with E-state index < -0.39 is 6.10 Å². The molecule has 0 aliphatic carbocycles. The van der Waals surface area contributed by atoms with Crippen LogP contribution in [0.5, 0.6) is 5.75 Å². The van der Waals surface area contributed by atoms with Crippen LogP contribution in [0.4, 0.5) is 0 Å². The minimum atomic E-state index is -0.567. The van der Waals surface area contributed by atoms with E-state index in [1.807, 2.05) is 49.4 Å². The topological polar surface area (TPSA) is 50.8 Å². The molecule has 0 saturated carbocycles. The third kappa shape index (κ3) is 5.81. The molecule has 1 fully saturated rings. The van der Waals surface area contributed by atoms with Crippen LogP contribution in [0.2, 0.25) is 0 Å². The molecule has 1 amide bonds. The molecular formula is C22H28N2O3. The molecule has 1 aliphatic rings. The third-order valence-corrected chi connectivity index (χ3v) is 4.73. The lowest BCUT2D eigenvalue weighted by Gasteiger charge is -2.31. The van der Waals surface area contributed by atoms with E-state index >= 15 is 0 Å². The summed E-state index contributed by atoms with van der Waals surface area (Å²) in [7, 11) is 0. The van der Waals surface area contributed by atoms with Gasteiger partial charge < -0.3 is 14.8 Å². The highest BCUT2D eigenvalue weighted by Gasteiger charge is 2.23. The van der Waals surface area contributed by atoms with Gasteiger partial charge in [-0.15, -0.1) is 0 Å². The molecule has 1 heterocycles. The van der Waals surface area contributed by atoms with Gasteiger partial charge in [0.05, 0.1) is 19.3 Å². The summed E-state index contributed by atoms with van der Waals surface area (Å²) in [4.78, 5) is 15.1. The van der Waals surface area contributed by atoms with Gasteiger partial charge in [-0.05, 0) is 37.1 Å². The number of amides is 1. The van der Waals surface area contributed by atoms with Crippen LogP contribution < -0.4 is 10.1 Å². The first-order chi connectivity index (χ1) is 13.1. The van der Waals surface area contributed by atoms with Crippen molar-refractivity contribution in [3.8, 4) is 5.75 Å². The van der Waals surface area contributed by atoms with Crippen molar-refractivity contribution in [1.29, 1.82) is 0 Å². The predicted octanol–water partition coefficient (Wildman–Crippen LogP) is 2.95. The highest BCUT2D eigenvalue weighted by molar-refractivity contribution is 5.81. The van der Waals surface area contributed by atoms with Gasteiger partial charge >= 0.3 is 0 Å². The molecule has 5 nitrogen and oxygen atoms in total. The Hall–Kier alpha value is -2.37. The van der Waals surface area contributed by atoms with Gasteiger partial charge in [0.2, 0.25) is 0 Å². The van der Waals surface area contributed by atoms with E-state index in [9.17, 15) is 4.79 Å². The molecular weight excluding hydrogens is 340 g/mol. The van der Waals surface area contributed by atoms with Crippen LogP contribution in [0.1, 0.15) is 24.1 Å². The predicted molar refractivity (Wildman–Crippen MR) is 106 cm³/mol. The standard InChI is InChI=1S/C22H28N2O3/c1-17-7-6-10-20(15-17)27-18(2)22(25)23-21(19-8-4-3-5-9-19)16-24-11-13-26-14-12-24/h3-10,15,18,21H,11-14,16H2,1-2H3,(H,23,25). The number of rotatable bonds is 7. The van der Waals surface area contributed by atoms with Gasteiger partial charge in [0, 0.05) is 19.6 Å². The van der Waals surface area contributed by atoms with Crippen LogP contribution in [0.15, 0.2) is 54.6 Å². The number of nitrogens with zero attached hydrogens (tertiary/aromatic N) is 1. The smallest absolute Gasteiger partial charge is 0.261 e. The quantitative estimate of drug-likeness (QED) is 0.816. The molecule has 0 radical (unpaired) electrons. The number of carbonyl (C=O) groups is 1. The number of carbonyl (C=O) groups excluding carboxylic acids is 1. The van der Waals surface area contributed by atoms with Crippen molar-refractivity contribution in [3.05, 3.63) is 65.7 Å². The van der Waals surface area contributed by atoms with E-state index in [1.54, 1.807) is 6.92 Å². The van der Waals surface area contributed by atoms with Crippen molar-refractivity contribution in [2.45, 2.75) is 26.0 Å². The second-order valence-corrected chi connectivity index (χ2v) is 6.96. The minimum Gasteiger partial charge on any atom is -0.481 e. The van der Waals surface area contributed by atoms with Gasteiger partial charge in [0.1, 0.15) is 5.75 Å². The maximum atomic E-state index is 12.8. The van der Waals surface area contributed by atoms with Gasteiger partial charge in [-0.25, -0.2) is 0 Å². The number of benzene rings is 2. The van der Waals surface area contributed by atoms with Crippen molar-refractivity contribution < 1.29 is 14.3 Å². The van der Waals surface area contributed by atoms with Crippen molar-refractivity contribution in [3.63, 3.8) is 0 Å². The number of aryl methyl sites for hydroxylation is 1. The lowest BCUT2D eigenvalue weighted by atomic mass is 10.1. The van der Waals surface area contributed by atoms with E-state index in [1.165, 1.54) is 0 Å². The van der Waals surface area contributed by atoms with Crippen LogP contribution >= 0.6 is 0 Å². The molecule has 27 heavy (non-hydrogen) atoms. The number of hydrogen-bond acceptors (Lipinski definition) is 4. The fourth-order valence-electron chi connectivity index (χ4n) is 3.20. The van der Waals surface area contributed by atoms with Crippen LogP contribution in [0.25, 0.3) is 0 Å². The summed E-state index contributed by atoms with van der Waals surface area (Å²) in [5, 5.41) is 3.17. The van der Waals surface area contributed by atoms with Crippen LogP contribution in [-0.4, -0.2) is 49.8 Å². The molecule has 144 valence electrons. The second kappa shape index (κ2) is 9.53. The van der Waals surface area contributed by atoms with Gasteiger partial charge in [-0.3, -0.25) is 9.69 Å². The Balaban J connectivity index is 1.65. The Labute approximate surface area is 161 Å². The van der Waals surface area contributed by atoms with E-state index in [2.05, 4.69) is 22.3 Å². The van der Waals surface area contributed by atoms with E-state index in [-0.39, 0.29) is 11.9 Å². The Kier molecular flexibility index (Phi) is 6.85. The first kappa shape index (κ1) is 19.4. The average Bonchev–Trinajstić information content (AvgIpc) is 2.69. The lowest BCUT2D eigenvalue weighted by molar-refractivity contribution is -0.128. The van der Waals surface area contributed by atoms with E-state index in [0.29, 0.717) is 5.75 Å². The molecule has 1 saturated heterocycles. The van der Waals surface area contributed by atoms with Crippen molar-refractivity contribution in [2.24, 2.45) is 0 Å². The van der Waals surface area contributed by atoms with Crippen LogP contribution in [-0.2, 0) is 9.53 Å². The van der Waals surface area contributed by atoms with Gasteiger partial charge in [0.25, 0.3) is 5.91 Å². The zero-order chi connectivity index (χ0) is 19.1. The summed E-state index contributed by atoms with van der Waals surface area (Å²) < 4.78 is 11.3. The van der Waals surface area contributed by atoms with Crippen LogP contribution in [0, 0.1) is 6.92 Å². The molecule has 1 aliphatic heterocycles. The summed E-state index contributed by atoms with van der Waals surface area (Å²) in [6, 6.07) is 17.8. The molecule has 2 aromatic rings. The Morgan fingerprint density at radius 1 is 1.15 bits per heavy atom. The molecule has 5 heteroatoms. The SMILES string of the molecule is Cc1cccc(OC(C)C(=O)NC(CN2CCOCC2)c2ccccc2)c1. The maximum Gasteiger partial charge on any atom is 0.261 e. The normalized spacial score (nSPS) is 17.1. The van der Waals surface area contributed by atoms with Crippen LogP contribution in [0.3, 0.4) is 0 Å². The zero-order valence-electron chi connectivity index (χ0n) is 16.1. The molecule has 0 bridgehead atoms.